The van der Waals surface area contributed by atoms with E-state index in [9.17, 15) is 13.2 Å². The number of hydrogen-bond acceptors (Lipinski definition) is 7. The normalized spacial score (nSPS) is 17.6. The summed E-state index contributed by atoms with van der Waals surface area (Å²) in [6.45, 7) is 10.7. The Morgan fingerprint density at radius 3 is 2.65 bits per heavy atom. The van der Waals surface area contributed by atoms with Crippen LogP contribution in [0.3, 0.4) is 0 Å². The first-order valence-corrected chi connectivity index (χ1v) is 15.5. The van der Waals surface area contributed by atoms with Crippen LogP contribution >= 0.6 is 0 Å². The summed E-state index contributed by atoms with van der Waals surface area (Å²) in [4.78, 5) is 12.7. The Morgan fingerprint density at radius 2 is 1.95 bits per heavy atom. The maximum Gasteiger partial charge on any atom is 0.306 e. The Balaban J connectivity index is 1.62. The van der Waals surface area contributed by atoms with Crippen LogP contribution in [-0.2, 0) is 32.5 Å². The number of nitrogens with zero attached hydrogens (tertiary/aromatic N) is 4. The summed E-state index contributed by atoms with van der Waals surface area (Å²) in [6, 6.07) is 13.1. The summed E-state index contributed by atoms with van der Waals surface area (Å²) in [5.41, 5.74) is 3.73. The number of carbonyl (C=O) groups is 1. The van der Waals surface area contributed by atoms with E-state index in [0.717, 1.165) is 22.4 Å². The number of fused-ring (bicyclic) bond motifs is 1. The molecule has 0 bridgehead atoms. The van der Waals surface area contributed by atoms with E-state index in [2.05, 4.69) is 10.3 Å². The van der Waals surface area contributed by atoms with Crippen LogP contribution in [0.2, 0.25) is 0 Å². The molecule has 0 fully saturated rings. The molecule has 1 aliphatic rings. The zero-order valence-corrected chi connectivity index (χ0v) is 24.9. The zero-order valence-electron chi connectivity index (χ0n) is 24.0. The predicted molar refractivity (Wildman–Crippen MR) is 153 cm³/mol. The Bertz CT molecular complexity index is 1420. The van der Waals surface area contributed by atoms with Gasteiger partial charge in [0.05, 0.1) is 25.3 Å². The zero-order chi connectivity index (χ0) is 28.9. The summed E-state index contributed by atoms with van der Waals surface area (Å²) >= 11 is 0. The van der Waals surface area contributed by atoms with Gasteiger partial charge >= 0.3 is 5.97 Å². The Hall–Kier alpha value is -3.24. The number of aromatic nitrogens is 3. The van der Waals surface area contributed by atoms with E-state index in [1.165, 1.54) is 4.31 Å². The molecular formula is C30H40N4O5S. The van der Waals surface area contributed by atoms with Crippen molar-refractivity contribution in [2.24, 2.45) is 0 Å². The molecule has 2 unspecified atom stereocenters. The quantitative estimate of drug-likeness (QED) is 0.293. The minimum Gasteiger partial charge on any atom is -0.488 e. The number of ether oxygens (including phenoxy) is 2. The van der Waals surface area contributed by atoms with Crippen LogP contribution in [0.1, 0.15) is 81.3 Å². The number of benzene rings is 2. The van der Waals surface area contributed by atoms with Gasteiger partial charge in [-0.05, 0) is 81.7 Å². The van der Waals surface area contributed by atoms with Crippen molar-refractivity contribution >= 4 is 16.0 Å². The number of esters is 1. The molecular weight excluding hydrogens is 528 g/mol. The smallest absolute Gasteiger partial charge is 0.306 e. The number of hydrogen-bond donors (Lipinski definition) is 0. The number of carbonyl (C=O) groups excluding carboxylic acids is 1. The number of para-hydroxylation sites is 1. The molecule has 0 radical (unpaired) electrons. The molecule has 10 heteroatoms. The van der Waals surface area contributed by atoms with E-state index in [0.29, 0.717) is 31.6 Å². The molecule has 0 N–H and O–H groups in total. The molecule has 2 aromatic carbocycles. The third-order valence-corrected chi connectivity index (χ3v) is 9.22. The van der Waals surface area contributed by atoms with E-state index in [-0.39, 0.29) is 48.4 Å². The lowest BCUT2D eigenvalue weighted by Gasteiger charge is -2.24. The SMILES string of the molecule is CCOC(=O)CC(CCc1cn(C(C)C)nn1)c1ccc(C)c(CN2CC(CC)Oc3ccccc3S2(=O)=O)c1. The molecule has 4 rings (SSSR count). The van der Waals surface area contributed by atoms with Gasteiger partial charge in [0.25, 0.3) is 0 Å². The molecule has 40 heavy (non-hydrogen) atoms. The summed E-state index contributed by atoms with van der Waals surface area (Å²) in [7, 11) is -3.77. The molecule has 2 atom stereocenters. The maximum absolute atomic E-state index is 13.7. The molecule has 2 heterocycles. The minimum atomic E-state index is -3.77. The van der Waals surface area contributed by atoms with Gasteiger partial charge in [-0.15, -0.1) is 5.10 Å². The molecule has 0 aliphatic carbocycles. The van der Waals surface area contributed by atoms with Crippen molar-refractivity contribution in [1.82, 2.24) is 19.3 Å². The number of sulfonamides is 1. The van der Waals surface area contributed by atoms with Crippen LogP contribution in [-0.4, -0.2) is 52.9 Å². The van der Waals surface area contributed by atoms with Crippen molar-refractivity contribution in [2.45, 2.75) is 89.8 Å². The van der Waals surface area contributed by atoms with Crippen molar-refractivity contribution in [3.63, 3.8) is 0 Å². The van der Waals surface area contributed by atoms with E-state index >= 15 is 0 Å². The molecule has 3 aromatic rings. The van der Waals surface area contributed by atoms with Gasteiger partial charge in [-0.1, -0.05) is 42.5 Å². The maximum atomic E-state index is 13.7. The fourth-order valence-corrected chi connectivity index (χ4v) is 6.49. The second-order valence-electron chi connectivity index (χ2n) is 10.6. The lowest BCUT2D eigenvalue weighted by Crippen LogP contribution is -2.36. The lowest BCUT2D eigenvalue weighted by molar-refractivity contribution is -0.143. The highest BCUT2D eigenvalue weighted by Crippen LogP contribution is 2.34. The van der Waals surface area contributed by atoms with Gasteiger partial charge in [0.1, 0.15) is 16.7 Å². The Labute approximate surface area is 237 Å². The fraction of sp³-hybridized carbons (Fsp3) is 0.500. The highest BCUT2D eigenvalue weighted by molar-refractivity contribution is 7.89. The Morgan fingerprint density at radius 1 is 1.18 bits per heavy atom. The molecule has 0 saturated carbocycles. The third kappa shape index (κ3) is 6.90. The Kier molecular flexibility index (Phi) is 9.63. The molecule has 216 valence electrons. The summed E-state index contributed by atoms with van der Waals surface area (Å²) in [5, 5.41) is 8.50. The van der Waals surface area contributed by atoms with Crippen molar-refractivity contribution in [3.8, 4) is 5.75 Å². The van der Waals surface area contributed by atoms with Crippen molar-refractivity contribution in [1.29, 1.82) is 0 Å². The van der Waals surface area contributed by atoms with Gasteiger partial charge in [-0.3, -0.25) is 4.79 Å². The summed E-state index contributed by atoms with van der Waals surface area (Å²) in [5.74, 6) is 0.0251. The van der Waals surface area contributed by atoms with E-state index < -0.39 is 10.0 Å². The first-order chi connectivity index (χ1) is 19.1. The van der Waals surface area contributed by atoms with Crippen molar-refractivity contribution < 1.29 is 22.7 Å². The van der Waals surface area contributed by atoms with Gasteiger partial charge in [-0.2, -0.15) is 4.31 Å². The molecule has 0 amide bonds. The first-order valence-electron chi connectivity index (χ1n) is 14.0. The first kappa shape index (κ1) is 29.7. The standard InChI is InChI=1S/C30H40N4O5S/c1-6-27-20-33(40(36,37)29-11-9-8-10-28(29)39-27)18-25-16-23(13-12-22(25)5)24(17-30(35)38-7-2)14-15-26-19-34(21(3)4)32-31-26/h8-13,16,19,21,24,27H,6-7,14-15,17-18,20H2,1-5H3. The average Bonchev–Trinajstić information content (AvgIpc) is 3.37. The van der Waals surface area contributed by atoms with Crippen molar-refractivity contribution in [3.05, 3.63) is 71.0 Å². The van der Waals surface area contributed by atoms with Crippen molar-refractivity contribution in [2.75, 3.05) is 13.2 Å². The predicted octanol–water partition coefficient (Wildman–Crippen LogP) is 5.20. The topological polar surface area (TPSA) is 104 Å². The molecule has 0 saturated heterocycles. The van der Waals surface area contributed by atoms with E-state index in [1.54, 1.807) is 31.2 Å². The highest BCUT2D eigenvalue weighted by atomic mass is 32.2. The molecule has 0 spiro atoms. The van der Waals surface area contributed by atoms with Gasteiger partial charge < -0.3 is 9.47 Å². The van der Waals surface area contributed by atoms with Crippen LogP contribution in [0.25, 0.3) is 0 Å². The van der Waals surface area contributed by atoms with Crippen LogP contribution in [0.15, 0.2) is 53.6 Å². The molecule has 1 aliphatic heterocycles. The van der Waals surface area contributed by atoms with Gasteiger partial charge in [0.2, 0.25) is 10.0 Å². The second kappa shape index (κ2) is 13.0. The highest BCUT2D eigenvalue weighted by Gasteiger charge is 2.34. The summed E-state index contributed by atoms with van der Waals surface area (Å²) in [6.07, 6.45) is 3.95. The van der Waals surface area contributed by atoms with Gasteiger partial charge in [0.15, 0.2) is 0 Å². The second-order valence-corrected chi connectivity index (χ2v) is 12.5. The minimum absolute atomic E-state index is 0.115. The van der Waals surface area contributed by atoms with Gasteiger partial charge in [0, 0.05) is 18.8 Å². The van der Waals surface area contributed by atoms with Crippen LogP contribution in [0.5, 0.6) is 5.75 Å². The van der Waals surface area contributed by atoms with Gasteiger partial charge in [-0.25, -0.2) is 13.1 Å². The van der Waals surface area contributed by atoms with Crippen LogP contribution in [0, 0.1) is 6.92 Å². The monoisotopic (exact) mass is 568 g/mol. The lowest BCUT2D eigenvalue weighted by atomic mass is 9.88. The van der Waals surface area contributed by atoms with E-state index in [4.69, 9.17) is 9.47 Å². The van der Waals surface area contributed by atoms with Crippen LogP contribution < -0.4 is 4.74 Å². The van der Waals surface area contributed by atoms with E-state index in [1.807, 2.05) is 56.8 Å². The number of rotatable bonds is 11. The molecule has 1 aromatic heterocycles. The summed E-state index contributed by atoms with van der Waals surface area (Å²) < 4.78 is 42.1. The average molecular weight is 569 g/mol. The molecule has 9 nitrogen and oxygen atoms in total. The number of aryl methyl sites for hydroxylation is 2. The fourth-order valence-electron chi connectivity index (χ4n) is 4.92. The third-order valence-electron chi connectivity index (χ3n) is 7.37. The van der Waals surface area contributed by atoms with Crippen LogP contribution in [0.4, 0.5) is 0 Å². The largest absolute Gasteiger partial charge is 0.488 e.